The molecule has 0 fully saturated rings. The molecule has 0 aromatic heterocycles. The normalized spacial score (nSPS) is 12.0. The van der Waals surface area contributed by atoms with Crippen molar-refractivity contribution in [3.8, 4) is 0 Å². The van der Waals surface area contributed by atoms with Crippen LogP contribution in [-0.4, -0.2) is 50.8 Å². The molecule has 2 amide bonds. The molecule has 0 heterocycles. The summed E-state index contributed by atoms with van der Waals surface area (Å²) in [7, 11) is -4.05. The highest BCUT2D eigenvalue weighted by atomic mass is 32.2. The van der Waals surface area contributed by atoms with E-state index in [-0.39, 0.29) is 17.3 Å². The number of rotatable bonds is 12. The number of benzene rings is 3. The minimum Gasteiger partial charge on any atom is -0.354 e. The van der Waals surface area contributed by atoms with E-state index in [1.165, 1.54) is 17.0 Å². The molecule has 0 aliphatic carbocycles. The second kappa shape index (κ2) is 13.2. The number of hydrogen-bond donors (Lipinski definition) is 1. The molecule has 3 aromatic rings. The number of nitrogens with zero attached hydrogens (tertiary/aromatic N) is 2. The van der Waals surface area contributed by atoms with Gasteiger partial charge in [-0.25, -0.2) is 8.42 Å². The van der Waals surface area contributed by atoms with Crippen LogP contribution in [0, 0.1) is 13.8 Å². The average molecular weight is 536 g/mol. The van der Waals surface area contributed by atoms with Gasteiger partial charge in [-0.05, 0) is 74.6 Å². The van der Waals surface area contributed by atoms with Gasteiger partial charge in [0.25, 0.3) is 10.0 Å². The second-order valence-electron chi connectivity index (χ2n) is 9.38. The quantitative estimate of drug-likeness (QED) is 0.370. The summed E-state index contributed by atoms with van der Waals surface area (Å²) in [5.41, 5.74) is 3.35. The van der Waals surface area contributed by atoms with Crippen molar-refractivity contribution in [1.29, 1.82) is 0 Å². The maximum atomic E-state index is 13.8. The van der Waals surface area contributed by atoms with Gasteiger partial charge in [-0.2, -0.15) is 0 Å². The van der Waals surface area contributed by atoms with Gasteiger partial charge in [-0.3, -0.25) is 13.9 Å². The van der Waals surface area contributed by atoms with Gasteiger partial charge in [-0.15, -0.1) is 0 Å². The van der Waals surface area contributed by atoms with Crippen molar-refractivity contribution >= 4 is 27.5 Å². The number of carbonyl (C=O) groups is 2. The first-order valence-electron chi connectivity index (χ1n) is 12.9. The second-order valence-corrected chi connectivity index (χ2v) is 11.2. The molecular formula is C30H37N3O4S. The fourth-order valence-corrected chi connectivity index (χ4v) is 5.52. The third-order valence-electron chi connectivity index (χ3n) is 6.59. The van der Waals surface area contributed by atoms with Crippen molar-refractivity contribution in [1.82, 2.24) is 10.2 Å². The van der Waals surface area contributed by atoms with Crippen molar-refractivity contribution in [3.63, 3.8) is 0 Å². The van der Waals surface area contributed by atoms with Crippen molar-refractivity contribution in [3.05, 3.63) is 95.6 Å². The van der Waals surface area contributed by atoms with Gasteiger partial charge in [0.2, 0.25) is 11.8 Å². The molecule has 0 spiro atoms. The van der Waals surface area contributed by atoms with E-state index in [4.69, 9.17) is 0 Å². The van der Waals surface area contributed by atoms with E-state index in [1.54, 1.807) is 37.3 Å². The molecule has 0 aliphatic heterocycles. The number of amides is 2. The highest BCUT2D eigenvalue weighted by molar-refractivity contribution is 7.92. The molecule has 1 atom stereocenters. The predicted molar refractivity (Wildman–Crippen MR) is 152 cm³/mol. The Morgan fingerprint density at radius 1 is 0.895 bits per heavy atom. The van der Waals surface area contributed by atoms with Crippen molar-refractivity contribution in [2.24, 2.45) is 0 Å². The standard InChI is InChI=1S/C30H37N3O4S/c1-5-19-31-30(35)25(4)32(20-18-26-12-8-6-9-13-26)29(34)22-33(27-17-16-23(2)24(3)21-27)38(36,37)28-14-10-7-11-15-28/h6-17,21,25H,5,18-20,22H2,1-4H3,(H,31,35). The zero-order valence-corrected chi connectivity index (χ0v) is 23.4. The molecule has 0 saturated heterocycles. The molecule has 0 aliphatic rings. The zero-order chi connectivity index (χ0) is 27.7. The molecule has 1 N–H and O–H groups in total. The summed E-state index contributed by atoms with van der Waals surface area (Å²) in [5.74, 6) is -0.713. The zero-order valence-electron chi connectivity index (χ0n) is 22.6. The highest BCUT2D eigenvalue weighted by Crippen LogP contribution is 2.26. The van der Waals surface area contributed by atoms with Crippen LogP contribution in [0.3, 0.4) is 0 Å². The first-order chi connectivity index (χ1) is 18.1. The Hall–Kier alpha value is -3.65. The summed E-state index contributed by atoms with van der Waals surface area (Å²) in [6, 6.07) is 22.3. The third-order valence-corrected chi connectivity index (χ3v) is 8.38. The van der Waals surface area contributed by atoms with Crippen LogP contribution in [0.2, 0.25) is 0 Å². The molecule has 202 valence electrons. The Bertz CT molecular complexity index is 1330. The van der Waals surface area contributed by atoms with Crippen LogP contribution < -0.4 is 9.62 Å². The lowest BCUT2D eigenvalue weighted by Gasteiger charge is -2.32. The maximum absolute atomic E-state index is 13.8. The minimum atomic E-state index is -4.05. The first kappa shape index (κ1) is 28.9. The molecule has 3 aromatic carbocycles. The van der Waals surface area contributed by atoms with Crippen LogP contribution in [0.15, 0.2) is 83.8 Å². The van der Waals surface area contributed by atoms with Crippen LogP contribution >= 0.6 is 0 Å². The molecule has 0 bridgehead atoms. The summed E-state index contributed by atoms with van der Waals surface area (Å²) >= 11 is 0. The lowest BCUT2D eigenvalue weighted by molar-refractivity contribution is -0.138. The predicted octanol–water partition coefficient (Wildman–Crippen LogP) is 4.48. The Kier molecular flexibility index (Phi) is 10.1. The topological polar surface area (TPSA) is 86.8 Å². The van der Waals surface area contributed by atoms with E-state index >= 15 is 0 Å². The number of carbonyl (C=O) groups excluding carboxylic acids is 2. The smallest absolute Gasteiger partial charge is 0.264 e. The van der Waals surface area contributed by atoms with Crippen molar-refractivity contribution in [2.45, 2.75) is 51.5 Å². The Morgan fingerprint density at radius 2 is 1.53 bits per heavy atom. The van der Waals surface area contributed by atoms with Gasteiger partial charge < -0.3 is 10.2 Å². The van der Waals surface area contributed by atoms with E-state index < -0.39 is 28.5 Å². The lowest BCUT2D eigenvalue weighted by Crippen LogP contribution is -2.52. The lowest BCUT2D eigenvalue weighted by atomic mass is 10.1. The summed E-state index contributed by atoms with van der Waals surface area (Å²) in [6.45, 7) is 7.83. The largest absolute Gasteiger partial charge is 0.354 e. The monoisotopic (exact) mass is 535 g/mol. The summed E-state index contributed by atoms with van der Waals surface area (Å²) in [4.78, 5) is 28.3. The number of hydrogen-bond acceptors (Lipinski definition) is 4. The number of aryl methyl sites for hydroxylation is 2. The van der Waals surface area contributed by atoms with Gasteiger partial charge in [0.1, 0.15) is 12.6 Å². The Labute approximate surface area is 226 Å². The van der Waals surface area contributed by atoms with E-state index in [0.29, 0.717) is 18.7 Å². The highest BCUT2D eigenvalue weighted by Gasteiger charge is 2.32. The molecule has 8 heteroatoms. The van der Waals surface area contributed by atoms with Crippen molar-refractivity contribution in [2.75, 3.05) is 23.9 Å². The molecular weight excluding hydrogens is 498 g/mol. The van der Waals surface area contributed by atoms with Gasteiger partial charge in [0, 0.05) is 13.1 Å². The first-order valence-corrected chi connectivity index (χ1v) is 14.3. The molecule has 0 saturated carbocycles. The average Bonchev–Trinajstić information content (AvgIpc) is 2.92. The molecule has 1 unspecified atom stereocenters. The van der Waals surface area contributed by atoms with Crippen LogP contribution in [0.1, 0.15) is 37.0 Å². The third kappa shape index (κ3) is 7.22. The van der Waals surface area contributed by atoms with Crippen LogP contribution in [-0.2, 0) is 26.0 Å². The van der Waals surface area contributed by atoms with Crippen LogP contribution in [0.25, 0.3) is 0 Å². The van der Waals surface area contributed by atoms with Gasteiger partial charge >= 0.3 is 0 Å². The summed E-state index contributed by atoms with van der Waals surface area (Å²) < 4.78 is 28.7. The number of nitrogens with one attached hydrogen (secondary N) is 1. The molecule has 3 rings (SSSR count). The Morgan fingerprint density at radius 3 is 2.13 bits per heavy atom. The Balaban J connectivity index is 1.97. The van der Waals surface area contributed by atoms with E-state index in [0.717, 1.165) is 27.4 Å². The van der Waals surface area contributed by atoms with E-state index in [2.05, 4.69) is 5.32 Å². The van der Waals surface area contributed by atoms with Gasteiger partial charge in [0.05, 0.1) is 10.6 Å². The SMILES string of the molecule is CCCNC(=O)C(C)N(CCc1ccccc1)C(=O)CN(c1ccc(C)c(C)c1)S(=O)(=O)c1ccccc1. The summed E-state index contributed by atoms with van der Waals surface area (Å²) in [6.07, 6.45) is 1.30. The number of sulfonamides is 1. The summed E-state index contributed by atoms with van der Waals surface area (Å²) in [5, 5.41) is 2.86. The molecule has 0 radical (unpaired) electrons. The van der Waals surface area contributed by atoms with E-state index in [1.807, 2.05) is 57.2 Å². The molecule has 38 heavy (non-hydrogen) atoms. The fourth-order valence-electron chi connectivity index (χ4n) is 4.10. The van der Waals surface area contributed by atoms with E-state index in [9.17, 15) is 18.0 Å². The minimum absolute atomic E-state index is 0.0931. The maximum Gasteiger partial charge on any atom is 0.264 e. The van der Waals surface area contributed by atoms with Gasteiger partial charge in [-0.1, -0.05) is 61.5 Å². The number of anilines is 1. The fraction of sp³-hybridized carbons (Fsp3) is 0.333. The van der Waals surface area contributed by atoms with Gasteiger partial charge in [0.15, 0.2) is 0 Å². The van der Waals surface area contributed by atoms with Crippen LogP contribution in [0.4, 0.5) is 5.69 Å². The molecule has 7 nitrogen and oxygen atoms in total. The van der Waals surface area contributed by atoms with Crippen LogP contribution in [0.5, 0.6) is 0 Å². The van der Waals surface area contributed by atoms with Crippen molar-refractivity contribution < 1.29 is 18.0 Å².